The van der Waals surface area contributed by atoms with Gasteiger partial charge < -0.3 is 14.5 Å². The quantitative estimate of drug-likeness (QED) is 0.748. The molecule has 2 aliphatic rings. The van der Waals surface area contributed by atoms with Crippen molar-refractivity contribution in [3.63, 3.8) is 0 Å². The van der Waals surface area contributed by atoms with Crippen molar-refractivity contribution in [2.24, 2.45) is 0 Å². The zero-order chi connectivity index (χ0) is 21.2. The molecule has 0 radical (unpaired) electrons. The zero-order valence-electron chi connectivity index (χ0n) is 18.8. The molecule has 0 aromatic heterocycles. The maximum Gasteiger partial charge on any atom is 0.261 e. The molecule has 5 heteroatoms. The monoisotopic (exact) mass is 424 g/mol. The molecule has 0 unspecified atom stereocenters. The van der Waals surface area contributed by atoms with Crippen LogP contribution in [0.1, 0.15) is 27.7 Å². The van der Waals surface area contributed by atoms with E-state index in [2.05, 4.69) is 98.6 Å². The summed E-state index contributed by atoms with van der Waals surface area (Å²) in [5.74, 6) is 0. The summed E-state index contributed by atoms with van der Waals surface area (Å²) in [6.07, 6.45) is 0.0804. The molecule has 3 atom stereocenters. The SMILES string of the molecule is C[C@H]1CNCCN1[C@@H]1COC[C@@H]1O[Si](c1ccccc1)(c1ccccc1)C(C)(C)C. The van der Waals surface area contributed by atoms with E-state index < -0.39 is 8.32 Å². The number of rotatable bonds is 5. The molecule has 2 aromatic carbocycles. The highest BCUT2D eigenvalue weighted by molar-refractivity contribution is 6.99. The van der Waals surface area contributed by atoms with Crippen LogP contribution >= 0.6 is 0 Å². The highest BCUT2D eigenvalue weighted by atomic mass is 28.4. The number of benzene rings is 2. The van der Waals surface area contributed by atoms with Gasteiger partial charge in [0.05, 0.1) is 25.4 Å². The van der Waals surface area contributed by atoms with Crippen LogP contribution in [0.25, 0.3) is 0 Å². The highest BCUT2D eigenvalue weighted by Crippen LogP contribution is 2.39. The van der Waals surface area contributed by atoms with Crippen LogP contribution in [0.2, 0.25) is 5.04 Å². The van der Waals surface area contributed by atoms with Crippen molar-refractivity contribution in [1.29, 1.82) is 0 Å². The van der Waals surface area contributed by atoms with Crippen molar-refractivity contribution in [2.75, 3.05) is 32.8 Å². The van der Waals surface area contributed by atoms with Crippen LogP contribution in [-0.4, -0.2) is 64.3 Å². The summed E-state index contributed by atoms with van der Waals surface area (Å²) in [4.78, 5) is 2.60. The first-order chi connectivity index (χ1) is 14.4. The second-order valence-electron chi connectivity index (χ2n) is 9.72. The summed E-state index contributed by atoms with van der Waals surface area (Å²) in [5, 5.41) is 6.17. The average Bonchev–Trinajstić information content (AvgIpc) is 3.20. The molecule has 162 valence electrons. The smallest absolute Gasteiger partial charge is 0.261 e. The molecule has 0 bridgehead atoms. The van der Waals surface area contributed by atoms with Crippen LogP contribution in [0, 0.1) is 0 Å². The Labute approximate surface area is 182 Å². The van der Waals surface area contributed by atoms with E-state index in [4.69, 9.17) is 9.16 Å². The Morgan fingerprint density at radius 3 is 2.10 bits per heavy atom. The van der Waals surface area contributed by atoms with Crippen molar-refractivity contribution in [3.05, 3.63) is 60.7 Å². The minimum Gasteiger partial charge on any atom is -0.400 e. The standard InChI is InChI=1S/C25H36N2O2Si/c1-20-17-26-15-16-27(20)23-18-28-19-24(23)29-30(25(2,3)4,21-11-7-5-8-12-21)22-13-9-6-10-14-22/h5-14,20,23-24,26H,15-19H2,1-4H3/t20-,23+,24-/m0/s1. The van der Waals surface area contributed by atoms with Crippen molar-refractivity contribution in [2.45, 2.75) is 50.9 Å². The van der Waals surface area contributed by atoms with Gasteiger partial charge in [-0.05, 0) is 22.3 Å². The van der Waals surface area contributed by atoms with E-state index in [1.54, 1.807) is 0 Å². The van der Waals surface area contributed by atoms with Crippen molar-refractivity contribution in [1.82, 2.24) is 10.2 Å². The lowest BCUT2D eigenvalue weighted by Gasteiger charge is -2.47. The third kappa shape index (κ3) is 4.02. The molecule has 2 aromatic rings. The summed E-state index contributed by atoms with van der Waals surface area (Å²) < 4.78 is 13.4. The fourth-order valence-electron chi connectivity index (χ4n) is 5.21. The van der Waals surface area contributed by atoms with Gasteiger partial charge in [0, 0.05) is 25.7 Å². The maximum absolute atomic E-state index is 7.40. The lowest BCUT2D eigenvalue weighted by Crippen LogP contribution is -2.69. The van der Waals surface area contributed by atoms with Gasteiger partial charge in [-0.3, -0.25) is 4.90 Å². The van der Waals surface area contributed by atoms with Crippen LogP contribution in [0.4, 0.5) is 0 Å². The fraction of sp³-hybridized carbons (Fsp3) is 0.520. The van der Waals surface area contributed by atoms with E-state index in [0.29, 0.717) is 18.7 Å². The first-order valence-corrected chi connectivity index (χ1v) is 13.2. The van der Waals surface area contributed by atoms with Gasteiger partial charge in [0.15, 0.2) is 0 Å². The van der Waals surface area contributed by atoms with E-state index in [0.717, 1.165) is 26.2 Å². The molecule has 0 aliphatic carbocycles. The summed E-state index contributed by atoms with van der Waals surface area (Å²) in [7, 11) is -2.56. The van der Waals surface area contributed by atoms with E-state index in [1.165, 1.54) is 10.4 Å². The highest BCUT2D eigenvalue weighted by Gasteiger charge is 2.53. The van der Waals surface area contributed by atoms with Crippen LogP contribution in [-0.2, 0) is 9.16 Å². The Morgan fingerprint density at radius 2 is 1.57 bits per heavy atom. The average molecular weight is 425 g/mol. The van der Waals surface area contributed by atoms with Gasteiger partial charge in [-0.25, -0.2) is 0 Å². The number of hydrogen-bond donors (Lipinski definition) is 1. The molecule has 2 heterocycles. The molecule has 30 heavy (non-hydrogen) atoms. The topological polar surface area (TPSA) is 33.7 Å². The number of nitrogens with one attached hydrogen (secondary N) is 1. The van der Waals surface area contributed by atoms with Crippen LogP contribution in [0.5, 0.6) is 0 Å². The Hall–Kier alpha value is -1.50. The fourth-order valence-corrected chi connectivity index (χ4v) is 9.91. The van der Waals surface area contributed by atoms with E-state index >= 15 is 0 Å². The van der Waals surface area contributed by atoms with Crippen LogP contribution < -0.4 is 15.7 Å². The molecule has 4 rings (SSSR count). The molecular formula is C25H36N2O2Si. The summed E-state index contributed by atoms with van der Waals surface area (Å²) in [5.41, 5.74) is 0. The Bertz CT molecular complexity index is 769. The largest absolute Gasteiger partial charge is 0.400 e. The van der Waals surface area contributed by atoms with Crippen molar-refractivity contribution >= 4 is 18.7 Å². The predicted octanol–water partition coefficient (Wildman–Crippen LogP) is 2.62. The third-order valence-corrected chi connectivity index (χ3v) is 11.8. The van der Waals surface area contributed by atoms with Gasteiger partial charge in [-0.1, -0.05) is 81.4 Å². The Balaban J connectivity index is 1.76. The van der Waals surface area contributed by atoms with Gasteiger partial charge in [-0.15, -0.1) is 0 Å². The van der Waals surface area contributed by atoms with Crippen LogP contribution in [0.15, 0.2) is 60.7 Å². The Morgan fingerprint density at radius 1 is 0.967 bits per heavy atom. The first-order valence-electron chi connectivity index (χ1n) is 11.3. The molecule has 2 saturated heterocycles. The predicted molar refractivity (Wildman–Crippen MR) is 126 cm³/mol. The van der Waals surface area contributed by atoms with Gasteiger partial charge in [-0.2, -0.15) is 0 Å². The lowest BCUT2D eigenvalue weighted by molar-refractivity contribution is 0.0538. The van der Waals surface area contributed by atoms with E-state index in [1.807, 2.05) is 0 Å². The van der Waals surface area contributed by atoms with Gasteiger partial charge in [0.2, 0.25) is 0 Å². The number of piperazine rings is 1. The van der Waals surface area contributed by atoms with E-state index in [9.17, 15) is 0 Å². The molecule has 1 N–H and O–H groups in total. The maximum atomic E-state index is 7.40. The molecular weight excluding hydrogens is 388 g/mol. The van der Waals surface area contributed by atoms with E-state index in [-0.39, 0.29) is 11.1 Å². The number of ether oxygens (including phenoxy) is 1. The molecule has 4 nitrogen and oxygen atoms in total. The second kappa shape index (κ2) is 8.93. The normalized spacial score (nSPS) is 26.1. The minimum atomic E-state index is -2.56. The van der Waals surface area contributed by atoms with Gasteiger partial charge >= 0.3 is 0 Å². The van der Waals surface area contributed by atoms with Crippen LogP contribution in [0.3, 0.4) is 0 Å². The summed E-state index contributed by atoms with van der Waals surface area (Å²) >= 11 is 0. The third-order valence-electron chi connectivity index (χ3n) is 6.72. The molecule has 0 spiro atoms. The van der Waals surface area contributed by atoms with Crippen molar-refractivity contribution < 1.29 is 9.16 Å². The molecule has 0 saturated carbocycles. The Kier molecular flexibility index (Phi) is 6.46. The summed E-state index contributed by atoms with van der Waals surface area (Å²) in [6.45, 7) is 13.9. The second-order valence-corrected chi connectivity index (χ2v) is 14.0. The van der Waals surface area contributed by atoms with Crippen molar-refractivity contribution in [3.8, 4) is 0 Å². The molecule has 2 aliphatic heterocycles. The summed E-state index contributed by atoms with van der Waals surface area (Å²) in [6, 6.07) is 22.7. The molecule has 0 amide bonds. The van der Waals surface area contributed by atoms with Gasteiger partial charge in [0.1, 0.15) is 0 Å². The number of hydrogen-bond acceptors (Lipinski definition) is 4. The van der Waals surface area contributed by atoms with Gasteiger partial charge in [0.25, 0.3) is 8.32 Å². The number of nitrogens with zero attached hydrogens (tertiary/aromatic N) is 1. The minimum absolute atomic E-state index is 0.0160. The lowest BCUT2D eigenvalue weighted by atomic mass is 10.1. The zero-order valence-corrected chi connectivity index (χ0v) is 19.8. The molecule has 2 fully saturated rings. The first kappa shape index (κ1) is 21.7.